The van der Waals surface area contributed by atoms with Crippen molar-refractivity contribution in [1.82, 2.24) is 9.97 Å². The number of rotatable bonds is 7. The molecular formula is C9H13F3N2O3. The molecule has 0 atom stereocenters. The van der Waals surface area contributed by atoms with Gasteiger partial charge in [0.25, 0.3) is 0 Å². The lowest BCUT2D eigenvalue weighted by Crippen LogP contribution is -2.07. The smallest absolute Gasteiger partial charge is 0.382 e. The minimum absolute atomic E-state index is 0.0224. The topological polar surface area (TPSA) is 56.4 Å². The lowest BCUT2D eigenvalue weighted by atomic mass is 10.5. The Bertz CT molecular complexity index is 328. The van der Waals surface area contributed by atoms with Crippen LogP contribution >= 0.6 is 0 Å². The molecule has 0 aliphatic heterocycles. The standard InChI is InChI=1S/C9H13F3N2O3/c1-15-2-3-16-6-17-5-8-13-4-7(14-8)9(10,11)12/h4H,2-3,5-6H2,1H3,(H,13,14). The first kappa shape index (κ1) is 13.9. The Labute approximate surface area is 95.9 Å². The van der Waals surface area contributed by atoms with Gasteiger partial charge in [-0.3, -0.25) is 0 Å². The van der Waals surface area contributed by atoms with Crippen molar-refractivity contribution in [3.05, 3.63) is 17.7 Å². The highest BCUT2D eigenvalue weighted by Gasteiger charge is 2.32. The van der Waals surface area contributed by atoms with Crippen LogP contribution in [0.1, 0.15) is 11.5 Å². The molecule has 8 heteroatoms. The quantitative estimate of drug-likeness (QED) is 0.592. The van der Waals surface area contributed by atoms with Crippen LogP contribution in [0.15, 0.2) is 6.20 Å². The summed E-state index contributed by atoms with van der Waals surface area (Å²) in [5.74, 6) is 0.104. The molecule has 0 saturated carbocycles. The van der Waals surface area contributed by atoms with E-state index in [0.717, 1.165) is 6.20 Å². The average Bonchev–Trinajstić information content (AvgIpc) is 2.71. The number of nitrogens with zero attached hydrogens (tertiary/aromatic N) is 1. The fourth-order valence-electron chi connectivity index (χ4n) is 0.978. The molecule has 0 aliphatic carbocycles. The van der Waals surface area contributed by atoms with Crippen LogP contribution in [0.2, 0.25) is 0 Å². The number of alkyl halides is 3. The highest BCUT2D eigenvalue weighted by Crippen LogP contribution is 2.27. The number of hydrogen-bond acceptors (Lipinski definition) is 4. The van der Waals surface area contributed by atoms with Crippen molar-refractivity contribution in [3.63, 3.8) is 0 Å². The second-order valence-corrected chi connectivity index (χ2v) is 3.11. The molecule has 5 nitrogen and oxygen atoms in total. The zero-order valence-electron chi connectivity index (χ0n) is 9.21. The van der Waals surface area contributed by atoms with Crippen molar-refractivity contribution in [2.75, 3.05) is 27.1 Å². The lowest BCUT2D eigenvalue weighted by molar-refractivity contribution is -0.141. The first-order valence-electron chi connectivity index (χ1n) is 4.79. The van der Waals surface area contributed by atoms with E-state index in [1.807, 2.05) is 0 Å². The maximum atomic E-state index is 12.2. The summed E-state index contributed by atoms with van der Waals surface area (Å²) >= 11 is 0. The van der Waals surface area contributed by atoms with Crippen molar-refractivity contribution in [3.8, 4) is 0 Å². The molecule has 98 valence electrons. The van der Waals surface area contributed by atoms with Crippen LogP contribution in [-0.4, -0.2) is 37.1 Å². The van der Waals surface area contributed by atoms with Crippen molar-refractivity contribution < 1.29 is 27.4 Å². The molecule has 1 aromatic rings. The minimum atomic E-state index is -4.42. The minimum Gasteiger partial charge on any atom is -0.382 e. The Kier molecular flexibility index (Phi) is 5.39. The van der Waals surface area contributed by atoms with Gasteiger partial charge in [-0.25, -0.2) is 4.98 Å². The van der Waals surface area contributed by atoms with E-state index in [-0.39, 0.29) is 19.2 Å². The summed E-state index contributed by atoms with van der Waals surface area (Å²) in [7, 11) is 1.53. The molecule has 0 aromatic carbocycles. The van der Waals surface area contributed by atoms with Crippen LogP contribution in [0.25, 0.3) is 0 Å². The maximum Gasteiger partial charge on any atom is 0.432 e. The van der Waals surface area contributed by atoms with Crippen molar-refractivity contribution in [1.29, 1.82) is 0 Å². The molecular weight excluding hydrogens is 241 g/mol. The van der Waals surface area contributed by atoms with Crippen LogP contribution in [0.4, 0.5) is 13.2 Å². The van der Waals surface area contributed by atoms with E-state index in [0.29, 0.717) is 13.2 Å². The van der Waals surface area contributed by atoms with E-state index in [1.54, 1.807) is 0 Å². The van der Waals surface area contributed by atoms with Crippen molar-refractivity contribution >= 4 is 0 Å². The number of imidazole rings is 1. The number of methoxy groups -OCH3 is 1. The van der Waals surface area contributed by atoms with Gasteiger partial charge in [0, 0.05) is 7.11 Å². The number of aromatic amines is 1. The zero-order chi connectivity index (χ0) is 12.7. The Hall–Kier alpha value is -1.12. The SMILES string of the molecule is COCCOCOCc1ncc(C(F)(F)F)[nH]1. The van der Waals surface area contributed by atoms with Crippen molar-refractivity contribution in [2.24, 2.45) is 0 Å². The van der Waals surface area contributed by atoms with E-state index in [9.17, 15) is 13.2 Å². The predicted octanol–water partition coefficient (Wildman–Crippen LogP) is 1.57. The highest BCUT2D eigenvalue weighted by atomic mass is 19.4. The molecule has 0 bridgehead atoms. The summed E-state index contributed by atoms with van der Waals surface area (Å²) in [5, 5.41) is 0. The second-order valence-electron chi connectivity index (χ2n) is 3.11. The maximum absolute atomic E-state index is 12.2. The third-order valence-electron chi connectivity index (χ3n) is 1.77. The molecule has 1 aromatic heterocycles. The van der Waals surface area contributed by atoms with Gasteiger partial charge in [0.1, 0.15) is 24.9 Å². The molecule has 0 unspecified atom stereocenters. The third kappa shape index (κ3) is 5.16. The second kappa shape index (κ2) is 6.58. The summed E-state index contributed by atoms with van der Waals surface area (Å²) in [6.07, 6.45) is -3.69. The molecule has 1 rings (SSSR count). The Morgan fingerprint density at radius 2 is 2.06 bits per heavy atom. The van der Waals surface area contributed by atoms with Gasteiger partial charge in [-0.05, 0) is 0 Å². The van der Waals surface area contributed by atoms with Gasteiger partial charge in [-0.15, -0.1) is 0 Å². The Morgan fingerprint density at radius 1 is 1.29 bits per heavy atom. The van der Waals surface area contributed by atoms with E-state index >= 15 is 0 Å². The van der Waals surface area contributed by atoms with Crippen LogP contribution in [0, 0.1) is 0 Å². The monoisotopic (exact) mass is 254 g/mol. The Morgan fingerprint density at radius 3 is 2.65 bits per heavy atom. The van der Waals surface area contributed by atoms with Gasteiger partial charge < -0.3 is 19.2 Å². The molecule has 0 aliphatic rings. The largest absolute Gasteiger partial charge is 0.432 e. The first-order valence-corrected chi connectivity index (χ1v) is 4.79. The van der Waals surface area contributed by atoms with Gasteiger partial charge >= 0.3 is 6.18 Å². The molecule has 0 fully saturated rings. The number of aromatic nitrogens is 2. The van der Waals surface area contributed by atoms with Crippen LogP contribution < -0.4 is 0 Å². The lowest BCUT2D eigenvalue weighted by Gasteiger charge is -2.04. The molecule has 0 radical (unpaired) electrons. The van der Waals surface area contributed by atoms with Gasteiger partial charge in [0.2, 0.25) is 0 Å². The number of nitrogens with one attached hydrogen (secondary N) is 1. The van der Waals surface area contributed by atoms with Crippen LogP contribution in [0.3, 0.4) is 0 Å². The Balaban J connectivity index is 2.21. The number of halogens is 3. The van der Waals surface area contributed by atoms with E-state index in [1.165, 1.54) is 7.11 Å². The van der Waals surface area contributed by atoms with Gasteiger partial charge in [0.05, 0.1) is 19.4 Å². The summed E-state index contributed by atoms with van der Waals surface area (Å²) in [5.41, 5.74) is -0.892. The van der Waals surface area contributed by atoms with E-state index in [4.69, 9.17) is 14.2 Å². The molecule has 0 saturated heterocycles. The number of hydrogen-bond donors (Lipinski definition) is 1. The van der Waals surface area contributed by atoms with Gasteiger partial charge in [-0.1, -0.05) is 0 Å². The number of ether oxygens (including phenoxy) is 3. The predicted molar refractivity (Wildman–Crippen MR) is 51.1 cm³/mol. The normalized spacial score (nSPS) is 12.0. The van der Waals surface area contributed by atoms with Gasteiger partial charge in [-0.2, -0.15) is 13.2 Å². The molecule has 17 heavy (non-hydrogen) atoms. The molecule has 1 heterocycles. The highest BCUT2D eigenvalue weighted by molar-refractivity contribution is 5.04. The van der Waals surface area contributed by atoms with Crippen molar-refractivity contribution in [2.45, 2.75) is 12.8 Å². The van der Waals surface area contributed by atoms with Gasteiger partial charge in [0.15, 0.2) is 0 Å². The van der Waals surface area contributed by atoms with E-state index < -0.39 is 11.9 Å². The van der Waals surface area contributed by atoms with E-state index in [2.05, 4.69) is 9.97 Å². The zero-order valence-corrected chi connectivity index (χ0v) is 9.21. The fraction of sp³-hybridized carbons (Fsp3) is 0.667. The molecule has 1 N–H and O–H groups in total. The van der Waals surface area contributed by atoms with Crippen LogP contribution in [-0.2, 0) is 27.0 Å². The summed E-state index contributed by atoms with van der Waals surface area (Å²) in [6.45, 7) is 0.708. The molecule has 0 amide bonds. The fourth-order valence-corrected chi connectivity index (χ4v) is 0.978. The summed E-state index contributed by atoms with van der Waals surface area (Å²) in [6, 6.07) is 0. The summed E-state index contributed by atoms with van der Waals surface area (Å²) in [4.78, 5) is 5.65. The average molecular weight is 254 g/mol. The van der Waals surface area contributed by atoms with Crippen LogP contribution in [0.5, 0.6) is 0 Å². The number of H-pyrrole nitrogens is 1. The third-order valence-corrected chi connectivity index (χ3v) is 1.77. The first-order chi connectivity index (χ1) is 8.04. The summed E-state index contributed by atoms with van der Waals surface area (Å²) < 4.78 is 51.2. The molecule has 0 spiro atoms.